The first-order valence-corrected chi connectivity index (χ1v) is 7.97. The zero-order valence-corrected chi connectivity index (χ0v) is 13.0. The third-order valence-corrected chi connectivity index (χ3v) is 4.65. The summed E-state index contributed by atoms with van der Waals surface area (Å²) in [7, 11) is 0. The number of carbonyl (C=O) groups excluding carboxylic acids is 2. The van der Waals surface area contributed by atoms with E-state index < -0.39 is 5.37 Å². The summed E-state index contributed by atoms with van der Waals surface area (Å²) in [4.78, 5) is 25.1. The maximum absolute atomic E-state index is 12.4. The summed E-state index contributed by atoms with van der Waals surface area (Å²) in [6.45, 7) is 1.40. The van der Waals surface area contributed by atoms with E-state index in [4.69, 9.17) is 11.6 Å². The molecule has 1 amide bonds. The van der Waals surface area contributed by atoms with Crippen LogP contribution < -0.4 is 5.32 Å². The van der Waals surface area contributed by atoms with Gasteiger partial charge in [0.1, 0.15) is 5.37 Å². The Bertz CT molecular complexity index is 596. The van der Waals surface area contributed by atoms with Crippen molar-refractivity contribution >= 4 is 46.4 Å². The van der Waals surface area contributed by atoms with Crippen LogP contribution in [0.1, 0.15) is 16.6 Å². The molecule has 1 heterocycles. The van der Waals surface area contributed by atoms with Gasteiger partial charge in [-0.25, -0.2) is 0 Å². The summed E-state index contributed by atoms with van der Waals surface area (Å²) < 4.78 is 0. The van der Waals surface area contributed by atoms with E-state index in [0.29, 0.717) is 9.90 Å². The van der Waals surface area contributed by atoms with E-state index in [2.05, 4.69) is 5.32 Å². The van der Waals surface area contributed by atoms with Crippen LogP contribution in [0.25, 0.3) is 0 Å². The molecule has 0 unspecified atom stereocenters. The first kappa shape index (κ1) is 15.1. The number of amides is 1. The van der Waals surface area contributed by atoms with Crippen LogP contribution in [0.3, 0.4) is 0 Å². The maximum atomic E-state index is 12.4. The van der Waals surface area contributed by atoms with Crippen molar-refractivity contribution < 1.29 is 9.59 Å². The molecule has 0 aliphatic heterocycles. The largest absolute Gasteiger partial charge is 0.337 e. The lowest BCUT2D eigenvalue weighted by Gasteiger charge is -2.15. The van der Waals surface area contributed by atoms with Gasteiger partial charge in [-0.1, -0.05) is 29.4 Å². The molecule has 3 nitrogen and oxygen atoms in total. The first-order valence-electron chi connectivity index (χ1n) is 5.83. The van der Waals surface area contributed by atoms with Crippen LogP contribution in [0.4, 0.5) is 0 Å². The molecule has 2 rings (SSSR count). The normalized spacial score (nSPS) is 11.9. The molecule has 2 aromatic rings. The number of nitrogens with one attached hydrogen (secondary N) is 1. The highest BCUT2D eigenvalue weighted by Gasteiger charge is 2.22. The van der Waals surface area contributed by atoms with Crippen molar-refractivity contribution in [2.24, 2.45) is 0 Å². The molecule has 20 heavy (non-hydrogen) atoms. The Labute approximate surface area is 130 Å². The number of halogens is 1. The quantitative estimate of drug-likeness (QED) is 0.516. The third-order valence-electron chi connectivity index (χ3n) is 2.40. The monoisotopic (exact) mass is 325 g/mol. The molecule has 0 saturated heterocycles. The summed E-state index contributed by atoms with van der Waals surface area (Å²) in [6, 6.07) is 10.7. The molecule has 0 aliphatic carbocycles. The number of Topliss-reactive ketones (excluding diaryl/α,β-unsaturated/α-hetero) is 1. The maximum Gasteiger partial charge on any atom is 0.218 e. The van der Waals surface area contributed by atoms with Crippen molar-refractivity contribution in [1.29, 1.82) is 0 Å². The Morgan fingerprint density at radius 3 is 2.50 bits per heavy atom. The van der Waals surface area contributed by atoms with Gasteiger partial charge in [-0.2, -0.15) is 0 Å². The Morgan fingerprint density at radius 1 is 1.25 bits per heavy atom. The zero-order chi connectivity index (χ0) is 14.5. The fourth-order valence-corrected chi connectivity index (χ4v) is 3.45. The summed E-state index contributed by atoms with van der Waals surface area (Å²) >= 11 is 8.49. The SMILES string of the molecule is CC(=O)N[C@@H](Sc1ccc(Cl)cc1)C(=O)c1cccs1. The van der Waals surface area contributed by atoms with E-state index in [1.807, 2.05) is 23.6 Å². The van der Waals surface area contributed by atoms with Crippen LogP contribution in [0.2, 0.25) is 5.02 Å². The van der Waals surface area contributed by atoms with Gasteiger partial charge in [0, 0.05) is 16.8 Å². The minimum Gasteiger partial charge on any atom is -0.337 e. The van der Waals surface area contributed by atoms with Gasteiger partial charge in [0.05, 0.1) is 4.88 Å². The molecule has 1 aromatic carbocycles. The van der Waals surface area contributed by atoms with Gasteiger partial charge in [-0.15, -0.1) is 11.3 Å². The number of benzene rings is 1. The second-order valence-electron chi connectivity index (χ2n) is 3.99. The number of carbonyl (C=O) groups is 2. The molecule has 1 aromatic heterocycles. The van der Waals surface area contributed by atoms with Crippen LogP contribution in [-0.2, 0) is 4.79 Å². The van der Waals surface area contributed by atoms with Crippen molar-refractivity contribution in [2.45, 2.75) is 17.2 Å². The van der Waals surface area contributed by atoms with Crippen LogP contribution in [0.5, 0.6) is 0 Å². The van der Waals surface area contributed by atoms with Crippen molar-refractivity contribution in [3.05, 3.63) is 51.7 Å². The smallest absolute Gasteiger partial charge is 0.218 e. The van der Waals surface area contributed by atoms with E-state index in [1.165, 1.54) is 30.0 Å². The molecule has 1 N–H and O–H groups in total. The third kappa shape index (κ3) is 4.10. The van der Waals surface area contributed by atoms with Gasteiger partial charge in [0.25, 0.3) is 0 Å². The zero-order valence-electron chi connectivity index (χ0n) is 10.6. The fraction of sp³-hybridized carbons (Fsp3) is 0.143. The molecule has 0 fully saturated rings. The summed E-state index contributed by atoms with van der Waals surface area (Å²) in [6.07, 6.45) is 0. The number of thioether (sulfide) groups is 1. The second-order valence-corrected chi connectivity index (χ2v) is 6.56. The molecule has 0 aliphatic rings. The van der Waals surface area contributed by atoms with E-state index >= 15 is 0 Å². The summed E-state index contributed by atoms with van der Waals surface area (Å²) in [5, 5.41) is 4.52. The van der Waals surface area contributed by atoms with Gasteiger partial charge in [0.15, 0.2) is 0 Å². The number of thiophene rings is 1. The lowest BCUT2D eigenvalue weighted by molar-refractivity contribution is -0.118. The van der Waals surface area contributed by atoms with E-state index in [1.54, 1.807) is 18.2 Å². The lowest BCUT2D eigenvalue weighted by atomic mass is 10.3. The van der Waals surface area contributed by atoms with Crippen LogP contribution >= 0.6 is 34.7 Å². The molecule has 0 radical (unpaired) electrons. The highest BCUT2D eigenvalue weighted by atomic mass is 35.5. The van der Waals surface area contributed by atoms with E-state index in [9.17, 15) is 9.59 Å². The molecule has 0 bridgehead atoms. The molecule has 104 valence electrons. The Hall–Kier alpha value is -1.30. The lowest BCUT2D eigenvalue weighted by Crippen LogP contribution is -2.36. The highest BCUT2D eigenvalue weighted by Crippen LogP contribution is 2.26. The molecule has 0 spiro atoms. The number of rotatable bonds is 5. The van der Waals surface area contributed by atoms with Crippen LogP contribution in [0.15, 0.2) is 46.7 Å². The Balaban J connectivity index is 2.17. The van der Waals surface area contributed by atoms with Gasteiger partial charge in [-0.05, 0) is 35.7 Å². The fourth-order valence-electron chi connectivity index (χ4n) is 1.53. The van der Waals surface area contributed by atoms with E-state index in [0.717, 1.165) is 4.90 Å². The minimum absolute atomic E-state index is 0.102. The highest BCUT2D eigenvalue weighted by molar-refractivity contribution is 8.00. The van der Waals surface area contributed by atoms with Gasteiger partial charge < -0.3 is 5.32 Å². The van der Waals surface area contributed by atoms with Gasteiger partial charge in [-0.3, -0.25) is 9.59 Å². The van der Waals surface area contributed by atoms with Crippen molar-refractivity contribution in [1.82, 2.24) is 5.32 Å². The number of hydrogen-bond acceptors (Lipinski definition) is 4. The summed E-state index contributed by atoms with van der Waals surface area (Å²) in [5.41, 5.74) is 0. The van der Waals surface area contributed by atoms with Crippen LogP contribution in [-0.4, -0.2) is 17.1 Å². The average molecular weight is 326 g/mol. The molecular formula is C14H12ClNO2S2. The Kier molecular flexibility index (Phi) is 5.23. The minimum atomic E-state index is -0.632. The first-order chi connectivity index (χ1) is 9.56. The molecule has 1 atom stereocenters. The van der Waals surface area contributed by atoms with Gasteiger partial charge in [0.2, 0.25) is 11.7 Å². The second kappa shape index (κ2) is 6.92. The average Bonchev–Trinajstić information content (AvgIpc) is 2.93. The molecule has 0 saturated carbocycles. The predicted molar refractivity (Wildman–Crippen MR) is 83.6 cm³/mol. The predicted octanol–water partition coefficient (Wildman–Crippen LogP) is 3.84. The number of ketones is 1. The topological polar surface area (TPSA) is 46.2 Å². The van der Waals surface area contributed by atoms with Gasteiger partial charge >= 0.3 is 0 Å². The Morgan fingerprint density at radius 2 is 1.95 bits per heavy atom. The van der Waals surface area contributed by atoms with Crippen molar-refractivity contribution in [3.8, 4) is 0 Å². The molecule has 6 heteroatoms. The summed E-state index contributed by atoms with van der Waals surface area (Å²) in [5.74, 6) is -0.337. The van der Waals surface area contributed by atoms with Crippen molar-refractivity contribution in [2.75, 3.05) is 0 Å². The standard InChI is InChI=1S/C14H12ClNO2S2/c1-9(17)16-14(13(18)12-3-2-8-19-12)20-11-6-4-10(15)5-7-11/h2-8,14H,1H3,(H,16,17)/t14-/m0/s1. The van der Waals surface area contributed by atoms with E-state index in [-0.39, 0.29) is 11.7 Å². The number of hydrogen-bond donors (Lipinski definition) is 1. The molecular weight excluding hydrogens is 314 g/mol. The van der Waals surface area contributed by atoms with Crippen LogP contribution in [0, 0.1) is 0 Å². The van der Waals surface area contributed by atoms with Crippen molar-refractivity contribution in [3.63, 3.8) is 0 Å².